The van der Waals surface area contributed by atoms with E-state index in [9.17, 15) is 24.5 Å². The van der Waals surface area contributed by atoms with E-state index in [1.54, 1.807) is 20.8 Å². The fourth-order valence-electron chi connectivity index (χ4n) is 3.53. The fourth-order valence-corrected chi connectivity index (χ4v) is 3.79. The number of hydrogen-bond acceptors (Lipinski definition) is 8. The third-order valence-electron chi connectivity index (χ3n) is 5.46. The molecule has 2 aromatic carbocycles. The highest BCUT2D eigenvalue weighted by Crippen LogP contribution is 2.19. The monoisotopic (exact) mass is 591 g/mol. The first kappa shape index (κ1) is 30.9. The van der Waals surface area contributed by atoms with Crippen LogP contribution in [0.4, 0.5) is 10.5 Å². The van der Waals surface area contributed by atoms with Crippen LogP contribution in [0.25, 0.3) is 0 Å². The van der Waals surface area contributed by atoms with E-state index in [1.165, 1.54) is 24.3 Å². The van der Waals surface area contributed by atoms with Crippen molar-refractivity contribution < 1.29 is 28.8 Å². The number of carbonyl (C=O) groups is 3. The van der Waals surface area contributed by atoms with Crippen molar-refractivity contribution in [1.29, 1.82) is 0 Å². The number of nitrogens with two attached hydrogens (primary N) is 1. The number of alkyl carbamates (subject to hydrolysis) is 1. The second kappa shape index (κ2) is 14.6. The number of aryl methyl sites for hydroxylation is 1. The number of nitrogens with zero attached hydrogens (tertiary/aromatic N) is 1. The first-order chi connectivity index (χ1) is 17.8. The zero-order valence-electron chi connectivity index (χ0n) is 21.8. The maximum atomic E-state index is 12.8. The van der Waals surface area contributed by atoms with Gasteiger partial charge in [-0.3, -0.25) is 14.9 Å². The van der Waals surface area contributed by atoms with Crippen LogP contribution >= 0.6 is 15.9 Å². The van der Waals surface area contributed by atoms with Gasteiger partial charge in [0.2, 0.25) is 0 Å². The van der Waals surface area contributed by atoms with Crippen molar-refractivity contribution in [2.75, 3.05) is 0 Å². The van der Waals surface area contributed by atoms with Crippen molar-refractivity contribution in [3.63, 3.8) is 0 Å². The summed E-state index contributed by atoms with van der Waals surface area (Å²) in [5.41, 5.74) is 6.30. The fraction of sp³-hybridized carbons (Fsp3) is 0.444. The molecule has 2 atom stereocenters. The second-order valence-corrected chi connectivity index (χ2v) is 10.8. The molecule has 0 aliphatic heterocycles. The van der Waals surface area contributed by atoms with Crippen LogP contribution in [-0.4, -0.2) is 40.5 Å². The van der Waals surface area contributed by atoms with E-state index in [4.69, 9.17) is 15.2 Å². The zero-order chi connectivity index (χ0) is 28.3. The van der Waals surface area contributed by atoms with Crippen LogP contribution in [0.2, 0.25) is 0 Å². The lowest BCUT2D eigenvalue weighted by Crippen LogP contribution is -2.45. The van der Waals surface area contributed by atoms with Gasteiger partial charge in [0, 0.05) is 23.0 Å². The number of benzene rings is 2. The summed E-state index contributed by atoms with van der Waals surface area (Å²) in [4.78, 5) is 47.9. The van der Waals surface area contributed by atoms with Crippen LogP contribution in [0.1, 0.15) is 58.4 Å². The third-order valence-corrected chi connectivity index (χ3v) is 5.99. The SMILES string of the molecule is CC(C)(C)OC(=O)N[C@@H](CCCC(N)C(=O)CCCc1ccc(Br)cc1)C(=O)Oc1ccc([N+](=O)[O-])cc1. The van der Waals surface area contributed by atoms with Crippen LogP contribution in [-0.2, 0) is 20.7 Å². The normalized spacial score (nSPS) is 12.8. The van der Waals surface area contributed by atoms with Crippen molar-refractivity contribution in [1.82, 2.24) is 5.32 Å². The molecule has 3 N–H and O–H groups in total. The maximum Gasteiger partial charge on any atom is 0.408 e. The molecule has 0 radical (unpaired) electrons. The van der Waals surface area contributed by atoms with Crippen LogP contribution in [0.5, 0.6) is 5.75 Å². The van der Waals surface area contributed by atoms with E-state index in [0.29, 0.717) is 25.7 Å². The first-order valence-corrected chi connectivity index (χ1v) is 13.1. The number of rotatable bonds is 13. The molecule has 0 heterocycles. The van der Waals surface area contributed by atoms with E-state index >= 15 is 0 Å². The molecule has 0 spiro atoms. The predicted octanol–water partition coefficient (Wildman–Crippen LogP) is 5.25. The molecule has 2 rings (SSSR count). The molecule has 0 aliphatic rings. The van der Waals surface area contributed by atoms with E-state index < -0.39 is 34.7 Å². The number of nitro groups is 1. The summed E-state index contributed by atoms with van der Waals surface area (Å²) in [5, 5.41) is 13.3. The molecular formula is C27H34BrN3O7. The number of ketones is 1. The molecule has 0 fully saturated rings. The van der Waals surface area contributed by atoms with Crippen molar-refractivity contribution in [2.24, 2.45) is 5.73 Å². The minimum Gasteiger partial charge on any atom is -0.444 e. The quantitative estimate of drug-likeness (QED) is 0.139. The van der Waals surface area contributed by atoms with E-state index in [0.717, 1.165) is 16.5 Å². The number of nitro benzene ring substituents is 1. The van der Waals surface area contributed by atoms with Crippen molar-refractivity contribution in [2.45, 2.75) is 77.0 Å². The number of hydrogen-bond donors (Lipinski definition) is 2. The van der Waals surface area contributed by atoms with Gasteiger partial charge in [0.1, 0.15) is 23.2 Å². The van der Waals surface area contributed by atoms with Crippen molar-refractivity contribution in [3.8, 4) is 5.75 Å². The van der Waals surface area contributed by atoms with Gasteiger partial charge in [0.15, 0.2) is 0 Å². The number of non-ortho nitro benzene ring substituents is 1. The highest BCUT2D eigenvalue weighted by molar-refractivity contribution is 9.10. The van der Waals surface area contributed by atoms with Crippen molar-refractivity contribution >= 4 is 39.5 Å². The Labute approximate surface area is 230 Å². The highest BCUT2D eigenvalue weighted by Gasteiger charge is 2.26. The lowest BCUT2D eigenvalue weighted by molar-refractivity contribution is -0.384. The van der Waals surface area contributed by atoms with Gasteiger partial charge >= 0.3 is 12.1 Å². The zero-order valence-corrected chi connectivity index (χ0v) is 23.4. The molecule has 0 aliphatic carbocycles. The number of Topliss-reactive ketones (excluding diaryl/α,β-unsaturated/α-hetero) is 1. The van der Waals surface area contributed by atoms with Gasteiger partial charge in [0.05, 0.1) is 11.0 Å². The van der Waals surface area contributed by atoms with E-state index in [-0.39, 0.29) is 23.6 Å². The minimum atomic E-state index is -1.07. The average molecular weight is 592 g/mol. The molecule has 11 heteroatoms. The predicted molar refractivity (Wildman–Crippen MR) is 146 cm³/mol. The van der Waals surface area contributed by atoms with Crippen LogP contribution in [0.15, 0.2) is 53.0 Å². The lowest BCUT2D eigenvalue weighted by atomic mass is 9.99. The number of carbonyl (C=O) groups excluding carboxylic acids is 3. The Morgan fingerprint density at radius 1 is 1.03 bits per heavy atom. The molecule has 206 valence electrons. The molecule has 0 saturated heterocycles. The summed E-state index contributed by atoms with van der Waals surface area (Å²) in [6.45, 7) is 5.08. The van der Waals surface area contributed by atoms with Gasteiger partial charge in [-0.05, 0) is 82.7 Å². The van der Waals surface area contributed by atoms with Gasteiger partial charge in [0.25, 0.3) is 5.69 Å². The van der Waals surface area contributed by atoms with Crippen LogP contribution in [0.3, 0.4) is 0 Å². The van der Waals surface area contributed by atoms with E-state index in [2.05, 4.69) is 21.2 Å². The summed E-state index contributed by atoms with van der Waals surface area (Å²) >= 11 is 3.40. The summed E-state index contributed by atoms with van der Waals surface area (Å²) < 4.78 is 11.6. The van der Waals surface area contributed by atoms with Gasteiger partial charge in [-0.1, -0.05) is 28.1 Å². The Balaban J connectivity index is 1.90. The number of nitrogens with one attached hydrogen (secondary N) is 1. The standard InChI is InChI=1S/C27H34BrN3O7/c1-27(2,3)38-26(34)30-23(25(33)37-21-16-14-20(15-17-21)31(35)36)8-5-7-22(29)24(32)9-4-6-18-10-12-19(28)13-11-18/h10-17,22-23H,4-9,29H2,1-3H3,(H,30,34)/t22?,23-/m0/s1. The molecule has 10 nitrogen and oxygen atoms in total. The summed E-state index contributed by atoms with van der Waals surface area (Å²) in [5.74, 6) is -0.736. The Hall–Kier alpha value is -3.31. The molecular weight excluding hydrogens is 558 g/mol. The number of amides is 1. The highest BCUT2D eigenvalue weighted by atomic mass is 79.9. The summed E-state index contributed by atoms with van der Waals surface area (Å²) in [6, 6.07) is 11.2. The summed E-state index contributed by atoms with van der Waals surface area (Å²) in [7, 11) is 0. The van der Waals surface area contributed by atoms with E-state index in [1.807, 2.05) is 24.3 Å². The second-order valence-electron chi connectivity index (χ2n) is 9.85. The molecule has 0 saturated carbocycles. The third kappa shape index (κ3) is 11.4. The Morgan fingerprint density at radius 3 is 2.24 bits per heavy atom. The van der Waals surface area contributed by atoms with Crippen LogP contribution < -0.4 is 15.8 Å². The number of esters is 1. The average Bonchev–Trinajstić information content (AvgIpc) is 2.83. The minimum absolute atomic E-state index is 0.0628. The van der Waals surface area contributed by atoms with Crippen molar-refractivity contribution in [3.05, 3.63) is 68.7 Å². The lowest BCUT2D eigenvalue weighted by Gasteiger charge is -2.23. The largest absolute Gasteiger partial charge is 0.444 e. The topological polar surface area (TPSA) is 151 Å². The van der Waals surface area contributed by atoms with Gasteiger partial charge in [-0.15, -0.1) is 0 Å². The Bertz CT molecular complexity index is 1100. The van der Waals surface area contributed by atoms with Crippen LogP contribution in [0, 0.1) is 10.1 Å². The molecule has 38 heavy (non-hydrogen) atoms. The smallest absolute Gasteiger partial charge is 0.408 e. The van der Waals surface area contributed by atoms with Gasteiger partial charge < -0.3 is 20.5 Å². The summed E-state index contributed by atoms with van der Waals surface area (Å²) in [6.07, 6.45) is 1.85. The molecule has 2 aromatic rings. The number of halogens is 1. The Morgan fingerprint density at radius 2 is 1.66 bits per heavy atom. The molecule has 0 aromatic heterocycles. The molecule has 1 amide bonds. The number of ether oxygens (including phenoxy) is 2. The molecule has 1 unspecified atom stereocenters. The molecule has 0 bridgehead atoms. The maximum absolute atomic E-state index is 12.8. The van der Waals surface area contributed by atoms with Gasteiger partial charge in [-0.2, -0.15) is 0 Å². The first-order valence-electron chi connectivity index (χ1n) is 12.3. The van der Waals surface area contributed by atoms with Gasteiger partial charge in [-0.25, -0.2) is 9.59 Å². The Kier molecular flexibility index (Phi) is 11.9.